The third-order valence-corrected chi connectivity index (χ3v) is 5.06. The van der Waals surface area contributed by atoms with Crippen LogP contribution in [0.5, 0.6) is 0 Å². The first-order valence-corrected chi connectivity index (χ1v) is 8.97. The lowest BCUT2D eigenvalue weighted by Crippen LogP contribution is -2.43. The Labute approximate surface area is 154 Å². The van der Waals surface area contributed by atoms with Crippen molar-refractivity contribution in [3.63, 3.8) is 0 Å². The number of piperidine rings is 1. The van der Waals surface area contributed by atoms with E-state index in [9.17, 15) is 0 Å². The minimum atomic E-state index is 0.491. The molecule has 0 aliphatic carbocycles. The molecule has 0 saturated carbocycles. The Morgan fingerprint density at radius 3 is 2.56 bits per heavy atom. The molecule has 2 aromatic heterocycles. The first kappa shape index (κ1) is 17.9. The number of pyridine rings is 1. The molecule has 0 aromatic carbocycles. The molecule has 0 N–H and O–H groups in total. The van der Waals surface area contributed by atoms with Crippen LogP contribution in [0.15, 0.2) is 30.6 Å². The fourth-order valence-electron chi connectivity index (χ4n) is 3.18. The molecule has 7 heteroatoms. The van der Waals surface area contributed by atoms with Gasteiger partial charge in [-0.2, -0.15) is 4.98 Å². The summed E-state index contributed by atoms with van der Waals surface area (Å²) in [6.07, 6.45) is 5.77. The number of nitrogens with zero attached hydrogens (tertiary/aromatic N) is 6. The first-order chi connectivity index (χ1) is 12.0. The summed E-state index contributed by atoms with van der Waals surface area (Å²) in [6.45, 7) is 2.96. The maximum Gasteiger partial charge on any atom is 0.226 e. The SMILES string of the molecule is CN(C)c1nccc(N(C)C2CCN(Cc3cccnc3Cl)CC2)n1. The van der Waals surface area contributed by atoms with Crippen LogP contribution in [0.1, 0.15) is 18.4 Å². The second kappa shape index (κ2) is 7.97. The van der Waals surface area contributed by atoms with Crippen molar-refractivity contribution in [3.05, 3.63) is 41.3 Å². The quantitative estimate of drug-likeness (QED) is 0.764. The zero-order valence-electron chi connectivity index (χ0n) is 15.1. The summed E-state index contributed by atoms with van der Waals surface area (Å²) in [5.74, 6) is 1.72. The van der Waals surface area contributed by atoms with E-state index < -0.39 is 0 Å². The Morgan fingerprint density at radius 1 is 1.12 bits per heavy atom. The lowest BCUT2D eigenvalue weighted by molar-refractivity contribution is 0.203. The van der Waals surface area contributed by atoms with Crippen LogP contribution in [-0.2, 0) is 6.54 Å². The van der Waals surface area contributed by atoms with Gasteiger partial charge in [0.15, 0.2) is 0 Å². The summed E-state index contributed by atoms with van der Waals surface area (Å²) in [6, 6.07) is 6.47. The van der Waals surface area contributed by atoms with Crippen molar-refractivity contribution in [2.24, 2.45) is 0 Å². The Morgan fingerprint density at radius 2 is 1.88 bits per heavy atom. The van der Waals surface area contributed by atoms with Crippen molar-refractivity contribution in [1.82, 2.24) is 19.9 Å². The van der Waals surface area contributed by atoms with Crippen molar-refractivity contribution >= 4 is 23.4 Å². The number of rotatable bonds is 5. The van der Waals surface area contributed by atoms with Gasteiger partial charge in [-0.25, -0.2) is 9.97 Å². The van der Waals surface area contributed by atoms with Gasteiger partial charge >= 0.3 is 0 Å². The number of likely N-dealkylation sites (tertiary alicyclic amines) is 1. The summed E-state index contributed by atoms with van der Waals surface area (Å²) in [5.41, 5.74) is 1.10. The molecule has 3 rings (SSSR count). The molecule has 2 aromatic rings. The molecule has 1 aliphatic heterocycles. The number of aromatic nitrogens is 3. The van der Waals surface area contributed by atoms with Gasteiger partial charge in [-0.1, -0.05) is 17.7 Å². The van der Waals surface area contributed by atoms with Crippen LogP contribution in [0.3, 0.4) is 0 Å². The summed E-state index contributed by atoms with van der Waals surface area (Å²) < 4.78 is 0. The standard InChI is InChI=1S/C18H25ClN6/c1-23(2)18-21-10-6-16(22-18)24(3)15-7-11-25(12-8-15)13-14-5-4-9-20-17(14)19/h4-6,9-10,15H,7-8,11-13H2,1-3H3. The van der Waals surface area contributed by atoms with Gasteiger partial charge < -0.3 is 9.80 Å². The molecule has 0 spiro atoms. The molecule has 1 aliphatic rings. The molecule has 134 valence electrons. The zero-order valence-corrected chi connectivity index (χ0v) is 15.8. The van der Waals surface area contributed by atoms with Crippen molar-refractivity contribution < 1.29 is 0 Å². The monoisotopic (exact) mass is 360 g/mol. The highest BCUT2D eigenvalue weighted by Crippen LogP contribution is 2.23. The fraction of sp³-hybridized carbons (Fsp3) is 0.500. The average molecular weight is 361 g/mol. The zero-order chi connectivity index (χ0) is 17.8. The van der Waals surface area contributed by atoms with Crippen LogP contribution < -0.4 is 9.80 Å². The second-order valence-corrected chi connectivity index (χ2v) is 7.04. The highest BCUT2D eigenvalue weighted by molar-refractivity contribution is 6.30. The van der Waals surface area contributed by atoms with E-state index in [-0.39, 0.29) is 0 Å². The van der Waals surface area contributed by atoms with Gasteiger partial charge in [0.1, 0.15) is 11.0 Å². The minimum absolute atomic E-state index is 0.491. The van der Waals surface area contributed by atoms with Crippen LogP contribution in [0, 0.1) is 0 Å². The number of hydrogen-bond donors (Lipinski definition) is 0. The summed E-state index contributed by atoms with van der Waals surface area (Å²) in [5, 5.41) is 0.610. The summed E-state index contributed by atoms with van der Waals surface area (Å²) in [7, 11) is 6.04. The topological polar surface area (TPSA) is 48.4 Å². The highest BCUT2D eigenvalue weighted by atomic mass is 35.5. The molecular weight excluding hydrogens is 336 g/mol. The minimum Gasteiger partial charge on any atom is -0.356 e. The van der Waals surface area contributed by atoms with Crippen molar-refractivity contribution in [2.75, 3.05) is 44.0 Å². The van der Waals surface area contributed by atoms with Gasteiger partial charge in [-0.3, -0.25) is 4.90 Å². The van der Waals surface area contributed by atoms with Crippen LogP contribution in [0.2, 0.25) is 5.15 Å². The number of hydrogen-bond acceptors (Lipinski definition) is 6. The Bertz CT molecular complexity index is 699. The lowest BCUT2D eigenvalue weighted by Gasteiger charge is -2.37. The van der Waals surface area contributed by atoms with Gasteiger partial charge in [-0.15, -0.1) is 0 Å². The summed E-state index contributed by atoms with van der Waals surface area (Å²) in [4.78, 5) is 19.8. The van der Waals surface area contributed by atoms with Crippen LogP contribution in [0.25, 0.3) is 0 Å². The van der Waals surface area contributed by atoms with E-state index in [0.717, 1.165) is 49.8 Å². The van der Waals surface area contributed by atoms with E-state index in [1.54, 1.807) is 6.20 Å². The molecule has 6 nitrogen and oxygen atoms in total. The predicted molar refractivity (Wildman–Crippen MR) is 102 cm³/mol. The second-order valence-electron chi connectivity index (χ2n) is 6.68. The molecule has 1 saturated heterocycles. The third kappa shape index (κ3) is 4.38. The number of halogens is 1. The largest absolute Gasteiger partial charge is 0.356 e. The van der Waals surface area contributed by atoms with Gasteiger partial charge in [-0.05, 0) is 25.0 Å². The average Bonchev–Trinajstić information content (AvgIpc) is 2.64. The van der Waals surface area contributed by atoms with Crippen molar-refractivity contribution in [3.8, 4) is 0 Å². The van der Waals surface area contributed by atoms with Crippen molar-refractivity contribution in [2.45, 2.75) is 25.4 Å². The number of anilines is 2. The molecular formula is C18H25ClN6. The Hall–Kier alpha value is -1.92. The van der Waals surface area contributed by atoms with E-state index >= 15 is 0 Å². The Kier molecular flexibility index (Phi) is 5.71. The smallest absolute Gasteiger partial charge is 0.226 e. The molecule has 3 heterocycles. The van der Waals surface area contributed by atoms with Gasteiger partial charge in [0.05, 0.1) is 0 Å². The normalized spacial score (nSPS) is 16.0. The highest BCUT2D eigenvalue weighted by Gasteiger charge is 2.24. The molecule has 0 bridgehead atoms. The van der Waals surface area contributed by atoms with Gasteiger partial charge in [0, 0.05) is 64.8 Å². The third-order valence-electron chi connectivity index (χ3n) is 4.72. The van der Waals surface area contributed by atoms with Crippen LogP contribution in [-0.4, -0.2) is 60.1 Å². The van der Waals surface area contributed by atoms with Gasteiger partial charge in [0.25, 0.3) is 0 Å². The molecule has 0 radical (unpaired) electrons. The van der Waals surface area contributed by atoms with E-state index in [0.29, 0.717) is 11.2 Å². The van der Waals surface area contributed by atoms with E-state index in [1.807, 2.05) is 37.3 Å². The predicted octanol–water partition coefficient (Wildman–Crippen LogP) is 2.69. The molecule has 1 fully saturated rings. The molecule has 0 atom stereocenters. The molecule has 0 unspecified atom stereocenters. The fourth-order valence-corrected chi connectivity index (χ4v) is 3.36. The maximum atomic E-state index is 6.18. The molecule has 25 heavy (non-hydrogen) atoms. The summed E-state index contributed by atoms with van der Waals surface area (Å²) >= 11 is 6.18. The van der Waals surface area contributed by atoms with E-state index in [2.05, 4.69) is 37.9 Å². The van der Waals surface area contributed by atoms with Crippen LogP contribution in [0.4, 0.5) is 11.8 Å². The maximum absolute atomic E-state index is 6.18. The first-order valence-electron chi connectivity index (χ1n) is 8.59. The van der Waals surface area contributed by atoms with Gasteiger partial charge in [0.2, 0.25) is 5.95 Å². The van der Waals surface area contributed by atoms with Crippen molar-refractivity contribution in [1.29, 1.82) is 0 Å². The van der Waals surface area contributed by atoms with E-state index in [1.165, 1.54) is 0 Å². The van der Waals surface area contributed by atoms with E-state index in [4.69, 9.17) is 11.6 Å². The van der Waals surface area contributed by atoms with Crippen LogP contribution >= 0.6 is 11.6 Å². The Balaban J connectivity index is 1.58. The molecule has 0 amide bonds. The lowest BCUT2D eigenvalue weighted by atomic mass is 10.0.